The molecule has 134 valence electrons. The summed E-state index contributed by atoms with van der Waals surface area (Å²) in [6, 6.07) is 8.02. The van der Waals surface area contributed by atoms with Gasteiger partial charge in [0, 0.05) is 23.6 Å². The van der Waals surface area contributed by atoms with Crippen LogP contribution in [0.5, 0.6) is 0 Å². The van der Waals surface area contributed by atoms with E-state index in [-0.39, 0.29) is 23.5 Å². The average Bonchev–Trinajstić information content (AvgIpc) is 2.87. The number of nitrogens with one attached hydrogen (secondary N) is 1. The second-order valence-electron chi connectivity index (χ2n) is 6.56. The first-order valence-electron chi connectivity index (χ1n) is 8.33. The molecule has 0 unspecified atom stereocenters. The summed E-state index contributed by atoms with van der Waals surface area (Å²) in [4.78, 5) is 16.6. The van der Waals surface area contributed by atoms with Gasteiger partial charge in [-0.05, 0) is 44.0 Å². The van der Waals surface area contributed by atoms with Crippen LogP contribution in [0.4, 0.5) is 0 Å². The van der Waals surface area contributed by atoms with Crippen molar-refractivity contribution in [3.8, 4) is 0 Å². The predicted molar refractivity (Wildman–Crippen MR) is 102 cm³/mol. The maximum Gasteiger partial charge on any atom is 0.221 e. The van der Waals surface area contributed by atoms with Crippen LogP contribution in [0.25, 0.3) is 10.9 Å². The number of pyridine rings is 1. The molecule has 0 bridgehead atoms. The van der Waals surface area contributed by atoms with Gasteiger partial charge in [-0.1, -0.05) is 11.6 Å². The van der Waals surface area contributed by atoms with Gasteiger partial charge in [-0.2, -0.15) is 0 Å². The van der Waals surface area contributed by atoms with Crippen molar-refractivity contribution in [1.29, 1.82) is 0 Å². The van der Waals surface area contributed by atoms with Crippen LogP contribution in [0.2, 0.25) is 0 Å². The lowest BCUT2D eigenvalue weighted by atomic mass is 10.1. The van der Waals surface area contributed by atoms with E-state index in [0.29, 0.717) is 18.6 Å². The Balaban J connectivity index is 1.54. The van der Waals surface area contributed by atoms with Crippen molar-refractivity contribution < 1.29 is 13.2 Å². The van der Waals surface area contributed by atoms with E-state index in [4.69, 9.17) is 0 Å². The summed E-state index contributed by atoms with van der Waals surface area (Å²) >= 11 is 1.55. The number of rotatable bonds is 5. The standard InChI is InChI=1S/C18H22N2O3S2/c1-12-3-4-16-15(9-12)13(2)10-18(20-16)24-7-5-17(21)19-14-6-8-25(22,23)11-14/h3-4,9-10,14H,5-8,11H2,1-2H3,(H,19,21)/t14-/m1/s1. The smallest absolute Gasteiger partial charge is 0.221 e. The molecule has 1 atom stereocenters. The highest BCUT2D eigenvalue weighted by Crippen LogP contribution is 2.25. The van der Waals surface area contributed by atoms with E-state index in [2.05, 4.69) is 30.2 Å². The lowest BCUT2D eigenvalue weighted by molar-refractivity contribution is -0.121. The topological polar surface area (TPSA) is 76.1 Å². The first-order chi connectivity index (χ1) is 11.8. The molecule has 1 amide bonds. The fourth-order valence-corrected chi connectivity index (χ4v) is 5.60. The van der Waals surface area contributed by atoms with Gasteiger partial charge in [-0.3, -0.25) is 4.79 Å². The van der Waals surface area contributed by atoms with Crippen molar-refractivity contribution in [2.24, 2.45) is 0 Å². The number of thioether (sulfide) groups is 1. The molecule has 1 aliphatic heterocycles. The highest BCUT2D eigenvalue weighted by molar-refractivity contribution is 7.99. The molecule has 1 aliphatic rings. The number of hydrogen-bond acceptors (Lipinski definition) is 5. The third kappa shape index (κ3) is 4.73. The fourth-order valence-electron chi connectivity index (χ4n) is 3.01. The summed E-state index contributed by atoms with van der Waals surface area (Å²) in [5.41, 5.74) is 3.36. The number of aryl methyl sites for hydroxylation is 2. The van der Waals surface area contributed by atoms with Gasteiger partial charge in [-0.15, -0.1) is 11.8 Å². The molecule has 2 aromatic rings. The van der Waals surface area contributed by atoms with Crippen molar-refractivity contribution in [1.82, 2.24) is 10.3 Å². The molecule has 7 heteroatoms. The number of hydrogen-bond donors (Lipinski definition) is 1. The van der Waals surface area contributed by atoms with E-state index in [0.717, 1.165) is 15.9 Å². The number of nitrogens with zero attached hydrogens (tertiary/aromatic N) is 1. The lowest BCUT2D eigenvalue weighted by Gasteiger charge is -2.11. The van der Waals surface area contributed by atoms with Crippen molar-refractivity contribution in [2.75, 3.05) is 17.3 Å². The van der Waals surface area contributed by atoms with Gasteiger partial charge < -0.3 is 5.32 Å². The van der Waals surface area contributed by atoms with E-state index in [1.165, 1.54) is 11.1 Å². The molecule has 0 saturated carbocycles. The van der Waals surface area contributed by atoms with Gasteiger partial charge in [0.1, 0.15) is 0 Å². The Morgan fingerprint density at radius 2 is 2.12 bits per heavy atom. The first-order valence-corrected chi connectivity index (χ1v) is 11.1. The Kier molecular flexibility index (Phi) is 5.34. The Morgan fingerprint density at radius 1 is 1.32 bits per heavy atom. The predicted octanol–water partition coefficient (Wildman–Crippen LogP) is 2.64. The molecule has 3 rings (SSSR count). The summed E-state index contributed by atoms with van der Waals surface area (Å²) < 4.78 is 22.8. The number of sulfone groups is 1. The van der Waals surface area contributed by atoms with Crippen molar-refractivity contribution in [3.63, 3.8) is 0 Å². The number of amides is 1. The van der Waals surface area contributed by atoms with Crippen molar-refractivity contribution in [3.05, 3.63) is 35.4 Å². The van der Waals surface area contributed by atoms with Crippen LogP contribution in [-0.2, 0) is 14.6 Å². The quantitative estimate of drug-likeness (QED) is 0.810. The molecule has 1 saturated heterocycles. The first kappa shape index (κ1) is 18.2. The third-order valence-electron chi connectivity index (χ3n) is 4.32. The molecular formula is C18H22N2O3S2. The zero-order valence-corrected chi connectivity index (χ0v) is 16.0. The second-order valence-corrected chi connectivity index (χ2v) is 9.91. The van der Waals surface area contributed by atoms with E-state index >= 15 is 0 Å². The second kappa shape index (κ2) is 7.33. The minimum absolute atomic E-state index is 0.0662. The number of aromatic nitrogens is 1. The lowest BCUT2D eigenvalue weighted by Crippen LogP contribution is -2.35. The van der Waals surface area contributed by atoms with Gasteiger partial charge in [0.05, 0.1) is 22.0 Å². The third-order valence-corrected chi connectivity index (χ3v) is 7.01. The molecule has 1 aromatic heterocycles. The highest BCUT2D eigenvalue weighted by Gasteiger charge is 2.28. The van der Waals surface area contributed by atoms with Crippen LogP contribution in [0.15, 0.2) is 29.3 Å². The molecule has 0 spiro atoms. The van der Waals surface area contributed by atoms with Crippen LogP contribution in [-0.4, -0.2) is 42.6 Å². The molecule has 1 fully saturated rings. The van der Waals surface area contributed by atoms with Gasteiger partial charge in [-0.25, -0.2) is 13.4 Å². The van der Waals surface area contributed by atoms with E-state index in [1.807, 2.05) is 18.2 Å². The van der Waals surface area contributed by atoms with Gasteiger partial charge in [0.15, 0.2) is 9.84 Å². The van der Waals surface area contributed by atoms with Crippen LogP contribution < -0.4 is 5.32 Å². The molecule has 0 aliphatic carbocycles. The largest absolute Gasteiger partial charge is 0.352 e. The molecule has 2 heterocycles. The summed E-state index contributed by atoms with van der Waals surface area (Å²) in [5, 5.41) is 4.88. The summed E-state index contributed by atoms with van der Waals surface area (Å²) in [7, 11) is -2.96. The van der Waals surface area contributed by atoms with Gasteiger partial charge in [0.25, 0.3) is 0 Å². The maximum atomic E-state index is 12.0. The van der Waals surface area contributed by atoms with Gasteiger partial charge in [0.2, 0.25) is 5.91 Å². The monoisotopic (exact) mass is 378 g/mol. The summed E-state index contributed by atoms with van der Waals surface area (Å²) in [6.45, 7) is 4.14. The average molecular weight is 379 g/mol. The Labute approximate surface area is 152 Å². The molecule has 1 aromatic carbocycles. The SMILES string of the molecule is Cc1ccc2nc(SCCC(=O)N[C@@H]3CCS(=O)(=O)C3)cc(C)c2c1. The van der Waals surface area contributed by atoms with Crippen LogP contribution in [0, 0.1) is 13.8 Å². The van der Waals surface area contributed by atoms with Gasteiger partial charge >= 0.3 is 0 Å². The Hall–Kier alpha value is -1.60. The molecule has 0 radical (unpaired) electrons. The van der Waals surface area contributed by atoms with E-state index in [1.54, 1.807) is 11.8 Å². The van der Waals surface area contributed by atoms with Crippen LogP contribution in [0.1, 0.15) is 24.0 Å². The number of fused-ring (bicyclic) bond motifs is 1. The highest BCUT2D eigenvalue weighted by atomic mass is 32.2. The van der Waals surface area contributed by atoms with Crippen molar-refractivity contribution >= 4 is 38.4 Å². The summed E-state index contributed by atoms with van der Waals surface area (Å²) in [5.74, 6) is 0.765. The molecule has 5 nitrogen and oxygen atoms in total. The van der Waals surface area contributed by atoms with E-state index < -0.39 is 9.84 Å². The summed E-state index contributed by atoms with van der Waals surface area (Å²) in [6.07, 6.45) is 0.875. The minimum Gasteiger partial charge on any atom is -0.352 e. The molecular weight excluding hydrogens is 356 g/mol. The molecule has 25 heavy (non-hydrogen) atoms. The fraction of sp³-hybridized carbons (Fsp3) is 0.444. The normalized spacial score (nSPS) is 19.2. The Morgan fingerprint density at radius 3 is 2.84 bits per heavy atom. The Bertz CT molecular complexity index is 910. The van der Waals surface area contributed by atoms with E-state index in [9.17, 15) is 13.2 Å². The zero-order valence-electron chi connectivity index (χ0n) is 14.4. The van der Waals surface area contributed by atoms with Crippen LogP contribution in [0.3, 0.4) is 0 Å². The number of benzene rings is 1. The minimum atomic E-state index is -2.96. The van der Waals surface area contributed by atoms with Crippen molar-refractivity contribution in [2.45, 2.75) is 37.8 Å². The van der Waals surface area contributed by atoms with Crippen LogP contribution >= 0.6 is 11.8 Å². The number of carbonyl (C=O) groups is 1. The molecule has 1 N–H and O–H groups in total. The maximum absolute atomic E-state index is 12.0. The zero-order chi connectivity index (χ0) is 18.0. The number of carbonyl (C=O) groups excluding carboxylic acids is 1.